The maximum Gasteiger partial charge on any atom is 0.407 e. The van der Waals surface area contributed by atoms with E-state index in [-0.39, 0.29) is 23.6 Å². The molecule has 1 aromatic carbocycles. The van der Waals surface area contributed by atoms with Crippen LogP contribution in [0.25, 0.3) is 11.0 Å². The van der Waals surface area contributed by atoms with E-state index in [4.69, 9.17) is 0 Å². The van der Waals surface area contributed by atoms with Crippen LogP contribution in [0.15, 0.2) is 35.4 Å². The smallest absolute Gasteiger partial charge is 0.407 e. The van der Waals surface area contributed by atoms with Crippen LogP contribution in [0.1, 0.15) is 54.8 Å². The molecule has 2 N–H and O–H groups in total. The minimum Gasteiger partial charge on any atom is -0.465 e. The molecule has 0 radical (unpaired) electrons. The molecule has 0 saturated carbocycles. The number of aromatic nitrogens is 3. The van der Waals surface area contributed by atoms with E-state index in [1.54, 1.807) is 20.0 Å². The van der Waals surface area contributed by atoms with Crippen LogP contribution in [0.2, 0.25) is 0 Å². The summed E-state index contributed by atoms with van der Waals surface area (Å²) in [6.45, 7) is 2.24. The number of pyridine rings is 1. The molecule has 1 amide bonds. The van der Waals surface area contributed by atoms with Crippen LogP contribution in [0.4, 0.5) is 23.8 Å². The number of halogens is 3. The summed E-state index contributed by atoms with van der Waals surface area (Å²) < 4.78 is 42.3. The van der Waals surface area contributed by atoms with Crippen LogP contribution in [0.5, 0.6) is 0 Å². The van der Waals surface area contributed by atoms with Crippen molar-refractivity contribution in [1.82, 2.24) is 19.4 Å². The average molecular weight is 475 g/mol. The largest absolute Gasteiger partial charge is 0.465 e. The number of nitrogens with one attached hydrogen (secondary N) is 1. The number of carboxylic acid groups (broad SMARTS) is 1. The number of hydrogen-bond donors (Lipinski definition) is 2. The summed E-state index contributed by atoms with van der Waals surface area (Å²) in [5.74, 6) is -0.972. The molecular weight excluding hydrogens is 451 g/mol. The number of anilines is 1. The highest BCUT2D eigenvalue weighted by atomic mass is 19.3. The number of benzene rings is 1. The predicted molar refractivity (Wildman–Crippen MR) is 120 cm³/mol. The number of rotatable bonds is 5. The maximum absolute atomic E-state index is 14.7. The van der Waals surface area contributed by atoms with Gasteiger partial charge in [0.2, 0.25) is 0 Å². The number of amides is 1. The highest BCUT2D eigenvalue weighted by Gasteiger charge is 2.28. The van der Waals surface area contributed by atoms with Gasteiger partial charge in [-0.15, -0.1) is 0 Å². The van der Waals surface area contributed by atoms with Gasteiger partial charge in [0.15, 0.2) is 0 Å². The van der Waals surface area contributed by atoms with Gasteiger partial charge >= 0.3 is 6.09 Å². The first-order chi connectivity index (χ1) is 16.2. The van der Waals surface area contributed by atoms with E-state index in [0.29, 0.717) is 41.8 Å². The Morgan fingerprint density at radius 3 is 2.71 bits per heavy atom. The highest BCUT2D eigenvalue weighted by Crippen LogP contribution is 2.31. The van der Waals surface area contributed by atoms with Crippen molar-refractivity contribution in [2.45, 2.75) is 38.2 Å². The molecule has 2 aromatic heterocycles. The summed E-state index contributed by atoms with van der Waals surface area (Å²) in [7, 11) is 1.57. The number of nitrogens with zero attached hydrogens (tertiary/aromatic N) is 4. The molecule has 1 unspecified atom stereocenters. The summed E-state index contributed by atoms with van der Waals surface area (Å²) in [5.41, 5.74) is -0.121. The first-order valence-corrected chi connectivity index (χ1v) is 10.8. The number of carbonyl (C=O) groups is 1. The number of hydrogen-bond acceptors (Lipinski definition) is 5. The van der Waals surface area contributed by atoms with Crippen molar-refractivity contribution in [3.05, 3.63) is 63.5 Å². The zero-order valence-electron chi connectivity index (χ0n) is 18.6. The van der Waals surface area contributed by atoms with Gasteiger partial charge in [-0.2, -0.15) is 0 Å². The molecule has 8 nitrogen and oxygen atoms in total. The van der Waals surface area contributed by atoms with Gasteiger partial charge in [-0.05, 0) is 25.8 Å². The highest BCUT2D eigenvalue weighted by molar-refractivity contribution is 5.87. The van der Waals surface area contributed by atoms with E-state index in [1.807, 2.05) is 0 Å². The second kappa shape index (κ2) is 9.32. The lowest BCUT2D eigenvalue weighted by molar-refractivity contribution is 0.130. The van der Waals surface area contributed by atoms with E-state index in [2.05, 4.69) is 15.3 Å². The van der Waals surface area contributed by atoms with E-state index in [0.717, 1.165) is 6.07 Å². The molecule has 2 atom stereocenters. The fourth-order valence-corrected chi connectivity index (χ4v) is 4.46. The van der Waals surface area contributed by atoms with Crippen molar-refractivity contribution in [2.75, 3.05) is 18.4 Å². The summed E-state index contributed by atoms with van der Waals surface area (Å²) >= 11 is 0. The molecule has 1 saturated heterocycles. The number of piperidine rings is 1. The third-order valence-corrected chi connectivity index (χ3v) is 6.28. The SMILES string of the molecule is C[C@@H](Nc1ncnc2c1cc(C1CCCN(C(=O)O)C1)c(=O)n2C)c1cccc(C(F)F)c1F. The molecule has 0 bridgehead atoms. The Labute approximate surface area is 193 Å². The summed E-state index contributed by atoms with van der Waals surface area (Å²) in [5, 5.41) is 12.9. The van der Waals surface area contributed by atoms with Crippen LogP contribution in [-0.4, -0.2) is 43.7 Å². The van der Waals surface area contributed by atoms with Crippen molar-refractivity contribution >= 4 is 22.9 Å². The fraction of sp³-hybridized carbons (Fsp3) is 0.391. The lowest BCUT2D eigenvalue weighted by Crippen LogP contribution is -2.40. The molecule has 0 aliphatic carbocycles. The summed E-state index contributed by atoms with van der Waals surface area (Å²) in [6.07, 6.45) is -1.43. The second-order valence-electron chi connectivity index (χ2n) is 8.41. The van der Waals surface area contributed by atoms with Gasteiger partial charge in [0, 0.05) is 37.2 Å². The van der Waals surface area contributed by atoms with Crippen LogP contribution >= 0.6 is 0 Å². The zero-order chi connectivity index (χ0) is 24.6. The van der Waals surface area contributed by atoms with Gasteiger partial charge in [0.25, 0.3) is 12.0 Å². The van der Waals surface area contributed by atoms with Crippen molar-refractivity contribution < 1.29 is 23.1 Å². The van der Waals surface area contributed by atoms with E-state index in [9.17, 15) is 27.9 Å². The van der Waals surface area contributed by atoms with Crippen LogP contribution in [-0.2, 0) is 7.05 Å². The Morgan fingerprint density at radius 2 is 2.00 bits per heavy atom. The number of aryl methyl sites for hydroxylation is 1. The molecular formula is C23H24F3N5O3. The molecule has 34 heavy (non-hydrogen) atoms. The Balaban J connectivity index is 1.74. The predicted octanol–water partition coefficient (Wildman–Crippen LogP) is 4.44. The maximum atomic E-state index is 14.7. The van der Waals surface area contributed by atoms with E-state index < -0.39 is 29.9 Å². The topological polar surface area (TPSA) is 100 Å². The van der Waals surface area contributed by atoms with Crippen molar-refractivity contribution in [2.24, 2.45) is 7.05 Å². The standard InChI is InChI=1S/C23H24F3N5O3/c1-12(14-6-3-7-15(18(14)24)19(25)26)29-20-17-9-16(13-5-4-8-31(10-13)23(33)34)22(32)30(2)21(17)28-11-27-20/h3,6-7,9,11-13,19H,4-5,8,10H2,1-2H3,(H,33,34)(H,27,28,29)/t12-,13?/m1/s1. The molecule has 11 heteroatoms. The number of alkyl halides is 2. The van der Waals surface area contributed by atoms with Crippen LogP contribution in [0.3, 0.4) is 0 Å². The fourth-order valence-electron chi connectivity index (χ4n) is 4.46. The van der Waals surface area contributed by atoms with Crippen LogP contribution in [0, 0.1) is 5.82 Å². The molecule has 1 aliphatic rings. The normalized spacial score (nSPS) is 17.2. The third-order valence-electron chi connectivity index (χ3n) is 6.28. The quantitative estimate of drug-likeness (QED) is 0.566. The van der Waals surface area contributed by atoms with Gasteiger partial charge in [-0.25, -0.2) is 27.9 Å². The molecule has 1 aliphatic heterocycles. The first kappa shape index (κ1) is 23.5. The van der Waals surface area contributed by atoms with E-state index >= 15 is 0 Å². The van der Waals surface area contributed by atoms with E-state index in [1.165, 1.54) is 27.9 Å². The lowest BCUT2D eigenvalue weighted by atomic mass is 9.91. The summed E-state index contributed by atoms with van der Waals surface area (Å²) in [6, 6.07) is 4.77. The van der Waals surface area contributed by atoms with Gasteiger partial charge < -0.3 is 15.3 Å². The molecule has 180 valence electrons. The van der Waals surface area contributed by atoms with Gasteiger partial charge in [-0.1, -0.05) is 18.2 Å². The van der Waals surface area contributed by atoms with Crippen molar-refractivity contribution in [1.29, 1.82) is 0 Å². The van der Waals surface area contributed by atoms with Gasteiger partial charge in [0.05, 0.1) is 17.0 Å². The first-order valence-electron chi connectivity index (χ1n) is 10.8. The Bertz CT molecular complexity index is 1300. The monoisotopic (exact) mass is 475 g/mol. The molecule has 0 spiro atoms. The third kappa shape index (κ3) is 4.29. The molecule has 3 heterocycles. The Morgan fingerprint density at radius 1 is 1.26 bits per heavy atom. The van der Waals surface area contributed by atoms with Gasteiger partial charge in [-0.3, -0.25) is 9.36 Å². The molecule has 3 aromatic rings. The summed E-state index contributed by atoms with van der Waals surface area (Å²) in [4.78, 5) is 34.2. The molecule has 1 fully saturated rings. The van der Waals surface area contributed by atoms with Crippen molar-refractivity contribution in [3.63, 3.8) is 0 Å². The zero-order valence-corrected chi connectivity index (χ0v) is 18.6. The number of likely N-dealkylation sites (tertiary alicyclic amines) is 1. The number of fused-ring (bicyclic) bond motifs is 1. The minimum atomic E-state index is -2.94. The minimum absolute atomic E-state index is 0.0546. The molecule has 4 rings (SSSR count). The lowest BCUT2D eigenvalue weighted by Gasteiger charge is -2.31. The van der Waals surface area contributed by atoms with Crippen molar-refractivity contribution in [3.8, 4) is 0 Å². The second-order valence-corrected chi connectivity index (χ2v) is 8.41. The Kier molecular flexibility index (Phi) is 6.45. The average Bonchev–Trinajstić information content (AvgIpc) is 2.81. The Hall–Kier alpha value is -3.63. The van der Waals surface area contributed by atoms with Crippen LogP contribution < -0.4 is 10.9 Å². The van der Waals surface area contributed by atoms with Gasteiger partial charge in [0.1, 0.15) is 23.6 Å².